The molecular formula is C27H44O3. The van der Waals surface area contributed by atoms with Crippen molar-refractivity contribution in [3.05, 3.63) is 35.5 Å². The van der Waals surface area contributed by atoms with E-state index in [1.807, 2.05) is 0 Å². The van der Waals surface area contributed by atoms with Crippen LogP contribution in [0, 0.1) is 23.2 Å². The second kappa shape index (κ2) is 9.30. The Balaban J connectivity index is 1.69. The minimum absolute atomic E-state index is 0.215. The average Bonchev–Trinajstić information content (AvgIpc) is 3.03. The molecule has 3 aliphatic rings. The molecule has 0 saturated heterocycles. The standard InChI is InChI=1S/C27H44O3/c1-18-8-12-22(28)17-21(18)11-10-20-7-6-16-27(5)23(13-14-24(20)27)19(2)9-15-25(29)26(3,4)30/h10-11,19,22-25,28-30H,1,6-9,12-17H2,2-5H3/b20-10+,21-11-/t19-,22-,23-,24+,25?,27-/m1/s1. The van der Waals surface area contributed by atoms with Crippen LogP contribution in [0.2, 0.25) is 0 Å². The summed E-state index contributed by atoms with van der Waals surface area (Å²) in [6, 6.07) is 0. The van der Waals surface area contributed by atoms with Crippen molar-refractivity contribution in [2.24, 2.45) is 23.2 Å². The van der Waals surface area contributed by atoms with Gasteiger partial charge >= 0.3 is 0 Å². The Kier molecular flexibility index (Phi) is 7.37. The third-order valence-corrected chi connectivity index (χ3v) is 8.62. The molecule has 1 unspecified atom stereocenters. The minimum Gasteiger partial charge on any atom is -0.393 e. The molecule has 3 saturated carbocycles. The van der Waals surface area contributed by atoms with Gasteiger partial charge in [0.25, 0.3) is 0 Å². The van der Waals surface area contributed by atoms with E-state index in [0.29, 0.717) is 29.6 Å². The summed E-state index contributed by atoms with van der Waals surface area (Å²) in [6.45, 7) is 12.5. The van der Waals surface area contributed by atoms with Crippen LogP contribution in [0.4, 0.5) is 0 Å². The van der Waals surface area contributed by atoms with Gasteiger partial charge in [0.1, 0.15) is 0 Å². The van der Waals surface area contributed by atoms with E-state index < -0.39 is 11.7 Å². The molecule has 30 heavy (non-hydrogen) atoms. The number of fused-ring (bicyclic) bond motifs is 1. The summed E-state index contributed by atoms with van der Waals surface area (Å²) >= 11 is 0. The van der Waals surface area contributed by atoms with Crippen LogP contribution < -0.4 is 0 Å². The summed E-state index contributed by atoms with van der Waals surface area (Å²) in [5, 5.41) is 30.3. The second-order valence-electron chi connectivity index (χ2n) is 11.3. The molecule has 0 aliphatic heterocycles. The Morgan fingerprint density at radius 2 is 1.90 bits per heavy atom. The van der Waals surface area contributed by atoms with Gasteiger partial charge in [0.2, 0.25) is 0 Å². The first kappa shape index (κ1) is 23.8. The number of hydrogen-bond donors (Lipinski definition) is 3. The first-order valence-corrected chi connectivity index (χ1v) is 12.2. The van der Waals surface area contributed by atoms with Crippen molar-refractivity contribution < 1.29 is 15.3 Å². The van der Waals surface area contributed by atoms with Crippen molar-refractivity contribution in [3.63, 3.8) is 0 Å². The number of hydrogen-bond acceptors (Lipinski definition) is 3. The molecule has 0 amide bonds. The molecule has 3 aliphatic carbocycles. The molecule has 0 aromatic carbocycles. The van der Waals surface area contributed by atoms with Crippen LogP contribution in [0.1, 0.15) is 91.9 Å². The normalized spacial score (nSPS) is 37.4. The molecule has 3 N–H and O–H groups in total. The fourth-order valence-electron chi connectivity index (χ4n) is 6.58. The van der Waals surface area contributed by atoms with Gasteiger partial charge in [-0.3, -0.25) is 0 Å². The van der Waals surface area contributed by atoms with Crippen LogP contribution in [0.3, 0.4) is 0 Å². The summed E-state index contributed by atoms with van der Waals surface area (Å²) in [5.41, 5.74) is 3.34. The molecule has 3 heteroatoms. The molecule has 0 radical (unpaired) electrons. The van der Waals surface area contributed by atoms with E-state index in [0.717, 1.165) is 25.7 Å². The van der Waals surface area contributed by atoms with Crippen LogP contribution in [0.5, 0.6) is 0 Å². The third-order valence-electron chi connectivity index (χ3n) is 8.62. The van der Waals surface area contributed by atoms with Crippen molar-refractivity contribution in [2.45, 2.75) is 110 Å². The molecule has 0 aromatic heterocycles. The van der Waals surface area contributed by atoms with E-state index in [4.69, 9.17) is 0 Å². The largest absolute Gasteiger partial charge is 0.393 e. The number of rotatable bonds is 6. The molecular weight excluding hydrogens is 372 g/mol. The minimum atomic E-state index is -1.02. The Morgan fingerprint density at radius 3 is 2.60 bits per heavy atom. The maximum absolute atomic E-state index is 10.3. The summed E-state index contributed by atoms with van der Waals surface area (Å²) in [7, 11) is 0. The molecule has 3 rings (SSSR count). The number of aliphatic hydroxyl groups is 3. The first-order valence-electron chi connectivity index (χ1n) is 12.2. The highest BCUT2D eigenvalue weighted by atomic mass is 16.3. The molecule has 0 bridgehead atoms. The first-order chi connectivity index (χ1) is 14.0. The van der Waals surface area contributed by atoms with Crippen LogP contribution >= 0.6 is 0 Å². The van der Waals surface area contributed by atoms with Crippen molar-refractivity contribution >= 4 is 0 Å². The van der Waals surface area contributed by atoms with Crippen LogP contribution in [-0.4, -0.2) is 33.1 Å². The van der Waals surface area contributed by atoms with Gasteiger partial charge in [0, 0.05) is 0 Å². The van der Waals surface area contributed by atoms with Gasteiger partial charge in [-0.1, -0.05) is 43.7 Å². The Bertz CT molecular complexity index is 683. The maximum atomic E-state index is 10.3. The lowest BCUT2D eigenvalue weighted by Crippen LogP contribution is -2.38. The topological polar surface area (TPSA) is 60.7 Å². The predicted octanol–water partition coefficient (Wildman–Crippen LogP) is 5.70. The van der Waals surface area contributed by atoms with Crippen LogP contribution in [0.15, 0.2) is 35.5 Å². The van der Waals surface area contributed by atoms with Crippen LogP contribution in [0.25, 0.3) is 0 Å². The highest BCUT2D eigenvalue weighted by molar-refractivity contribution is 5.36. The highest BCUT2D eigenvalue weighted by Crippen LogP contribution is 2.60. The summed E-state index contributed by atoms with van der Waals surface area (Å²) in [6.07, 6.45) is 14.1. The lowest BCUT2D eigenvalue weighted by atomic mass is 9.60. The van der Waals surface area contributed by atoms with Gasteiger partial charge in [0.15, 0.2) is 0 Å². The molecule has 3 nitrogen and oxygen atoms in total. The molecule has 170 valence electrons. The summed E-state index contributed by atoms with van der Waals surface area (Å²) in [5.74, 6) is 1.89. The fraction of sp³-hybridized carbons (Fsp3) is 0.778. The molecule has 0 heterocycles. The second-order valence-corrected chi connectivity index (χ2v) is 11.3. The third kappa shape index (κ3) is 5.11. The van der Waals surface area contributed by atoms with E-state index in [1.165, 1.54) is 43.3 Å². The quantitative estimate of drug-likeness (QED) is 0.520. The zero-order valence-electron chi connectivity index (χ0n) is 19.7. The van der Waals surface area contributed by atoms with Crippen molar-refractivity contribution in [1.82, 2.24) is 0 Å². The molecule has 0 aromatic rings. The van der Waals surface area contributed by atoms with E-state index in [2.05, 4.69) is 32.6 Å². The lowest BCUT2D eigenvalue weighted by Gasteiger charge is -2.44. The zero-order valence-corrected chi connectivity index (χ0v) is 19.7. The summed E-state index contributed by atoms with van der Waals surface area (Å²) in [4.78, 5) is 0. The Labute approximate surface area is 184 Å². The smallest absolute Gasteiger partial charge is 0.0849 e. The van der Waals surface area contributed by atoms with Crippen LogP contribution in [-0.2, 0) is 0 Å². The number of aliphatic hydroxyl groups excluding tert-OH is 2. The van der Waals surface area contributed by atoms with Crippen molar-refractivity contribution in [3.8, 4) is 0 Å². The molecule has 3 fully saturated rings. The predicted molar refractivity (Wildman–Crippen MR) is 124 cm³/mol. The highest BCUT2D eigenvalue weighted by Gasteiger charge is 2.50. The lowest BCUT2D eigenvalue weighted by molar-refractivity contribution is -0.0554. The Morgan fingerprint density at radius 1 is 1.17 bits per heavy atom. The molecule has 6 atom stereocenters. The summed E-state index contributed by atoms with van der Waals surface area (Å²) < 4.78 is 0. The fourth-order valence-corrected chi connectivity index (χ4v) is 6.58. The Hall–Kier alpha value is -0.900. The van der Waals surface area contributed by atoms with Gasteiger partial charge in [0.05, 0.1) is 17.8 Å². The van der Waals surface area contributed by atoms with Gasteiger partial charge in [-0.25, -0.2) is 0 Å². The van der Waals surface area contributed by atoms with Crippen molar-refractivity contribution in [1.29, 1.82) is 0 Å². The molecule has 0 spiro atoms. The van der Waals surface area contributed by atoms with E-state index in [-0.39, 0.29) is 6.10 Å². The van der Waals surface area contributed by atoms with Gasteiger partial charge < -0.3 is 15.3 Å². The number of allylic oxidation sites excluding steroid dienone is 4. The van der Waals surface area contributed by atoms with Crippen molar-refractivity contribution in [2.75, 3.05) is 0 Å². The van der Waals surface area contributed by atoms with Gasteiger partial charge in [-0.15, -0.1) is 0 Å². The van der Waals surface area contributed by atoms with E-state index >= 15 is 0 Å². The maximum Gasteiger partial charge on any atom is 0.0849 e. The SMILES string of the molecule is C=C1CC[C@@H](O)C/C1=C/C=C1\CCC[C@]2(C)[C@@H]([C@H](C)CCC(O)C(C)(C)O)CC[C@@H]12. The van der Waals surface area contributed by atoms with Gasteiger partial charge in [-0.2, -0.15) is 0 Å². The van der Waals surface area contributed by atoms with Gasteiger partial charge in [-0.05, 0) is 107 Å². The average molecular weight is 417 g/mol. The van der Waals surface area contributed by atoms with E-state index in [1.54, 1.807) is 19.4 Å². The zero-order chi connectivity index (χ0) is 22.1. The van der Waals surface area contributed by atoms with E-state index in [9.17, 15) is 15.3 Å². The monoisotopic (exact) mass is 416 g/mol.